The summed E-state index contributed by atoms with van der Waals surface area (Å²) in [5.41, 5.74) is 5.34. The number of hydrogen-bond donors (Lipinski definition) is 2. The Bertz CT molecular complexity index is 429. The number of carbonyl (C=O) groups is 1. The van der Waals surface area contributed by atoms with Crippen LogP contribution in [0.1, 0.15) is 20.3 Å². The molecule has 0 aliphatic heterocycles. The van der Waals surface area contributed by atoms with Gasteiger partial charge in [0.05, 0.1) is 10.6 Å². The molecule has 3 nitrogen and oxygen atoms in total. The summed E-state index contributed by atoms with van der Waals surface area (Å²) in [5.74, 6) is -1.23. The summed E-state index contributed by atoms with van der Waals surface area (Å²) in [7, 11) is 0. The van der Waals surface area contributed by atoms with Crippen LogP contribution in [-0.2, 0) is 4.79 Å². The van der Waals surface area contributed by atoms with Crippen molar-refractivity contribution in [2.24, 2.45) is 5.92 Å². The van der Waals surface area contributed by atoms with Gasteiger partial charge in [-0.2, -0.15) is 0 Å². The molecule has 0 aromatic heterocycles. The Hall–Kier alpha value is -1.30. The number of rotatable bonds is 6. The predicted octanol–water partition coefficient (Wildman–Crippen LogP) is 2.80. The fourth-order valence-corrected chi connectivity index (χ4v) is 2.18. The average molecular weight is 288 g/mol. The molecule has 106 valence electrons. The van der Waals surface area contributed by atoms with Crippen molar-refractivity contribution < 1.29 is 13.6 Å². The first-order valence-electron chi connectivity index (χ1n) is 6.04. The number of halogens is 2. The maximum Gasteiger partial charge on any atom is 0.230 e. The SMILES string of the molecule is CC(C)CCNC(=O)CSc1c(F)cc(N)cc1F. The van der Waals surface area contributed by atoms with Gasteiger partial charge >= 0.3 is 0 Å². The van der Waals surface area contributed by atoms with Gasteiger partial charge in [0, 0.05) is 12.2 Å². The quantitative estimate of drug-likeness (QED) is 0.625. The number of hydrogen-bond acceptors (Lipinski definition) is 3. The van der Waals surface area contributed by atoms with Gasteiger partial charge in [0.15, 0.2) is 0 Å². The maximum absolute atomic E-state index is 13.4. The van der Waals surface area contributed by atoms with Gasteiger partial charge in [-0.15, -0.1) is 11.8 Å². The van der Waals surface area contributed by atoms with Gasteiger partial charge in [-0.3, -0.25) is 4.79 Å². The van der Waals surface area contributed by atoms with Crippen molar-refractivity contribution >= 4 is 23.4 Å². The summed E-state index contributed by atoms with van der Waals surface area (Å²) >= 11 is 0.832. The van der Waals surface area contributed by atoms with E-state index in [0.717, 1.165) is 30.3 Å². The molecule has 0 saturated heterocycles. The Balaban J connectivity index is 2.46. The van der Waals surface area contributed by atoms with E-state index >= 15 is 0 Å². The van der Waals surface area contributed by atoms with Crippen molar-refractivity contribution in [2.75, 3.05) is 18.0 Å². The van der Waals surface area contributed by atoms with Gasteiger partial charge in [0.2, 0.25) is 5.91 Å². The van der Waals surface area contributed by atoms with Crippen LogP contribution >= 0.6 is 11.8 Å². The number of amides is 1. The highest BCUT2D eigenvalue weighted by molar-refractivity contribution is 8.00. The minimum atomic E-state index is -0.738. The van der Waals surface area contributed by atoms with E-state index in [-0.39, 0.29) is 22.2 Å². The van der Waals surface area contributed by atoms with E-state index < -0.39 is 11.6 Å². The average Bonchev–Trinajstić information content (AvgIpc) is 2.26. The van der Waals surface area contributed by atoms with Crippen LogP contribution in [0.15, 0.2) is 17.0 Å². The summed E-state index contributed by atoms with van der Waals surface area (Å²) in [6.07, 6.45) is 0.876. The topological polar surface area (TPSA) is 55.1 Å². The molecule has 0 heterocycles. The van der Waals surface area contributed by atoms with E-state index in [1.54, 1.807) is 0 Å². The minimum absolute atomic E-state index is 0.0180. The normalized spacial score (nSPS) is 10.8. The molecular formula is C13H18F2N2OS. The van der Waals surface area contributed by atoms with E-state index in [1.807, 2.05) is 0 Å². The largest absolute Gasteiger partial charge is 0.399 e. The van der Waals surface area contributed by atoms with Crippen LogP contribution in [0, 0.1) is 17.6 Å². The lowest BCUT2D eigenvalue weighted by Gasteiger charge is -2.08. The number of nitrogens with two attached hydrogens (primary N) is 1. The molecule has 0 radical (unpaired) electrons. The van der Waals surface area contributed by atoms with Gasteiger partial charge in [0.1, 0.15) is 11.6 Å². The standard InChI is InChI=1S/C13H18F2N2OS/c1-8(2)3-4-17-12(18)7-19-13-10(14)5-9(16)6-11(13)15/h5-6,8H,3-4,7,16H2,1-2H3,(H,17,18). The van der Waals surface area contributed by atoms with Crippen LogP contribution in [0.3, 0.4) is 0 Å². The molecule has 0 aliphatic rings. The molecular weight excluding hydrogens is 270 g/mol. The Morgan fingerprint density at radius 3 is 2.47 bits per heavy atom. The third-order valence-electron chi connectivity index (χ3n) is 2.41. The van der Waals surface area contributed by atoms with Crippen molar-refractivity contribution in [3.8, 4) is 0 Å². The molecule has 0 saturated carbocycles. The molecule has 0 atom stereocenters. The molecule has 1 aromatic rings. The van der Waals surface area contributed by atoms with Crippen LogP contribution < -0.4 is 11.1 Å². The first-order valence-corrected chi connectivity index (χ1v) is 7.02. The van der Waals surface area contributed by atoms with Crippen molar-refractivity contribution in [2.45, 2.75) is 25.2 Å². The third-order valence-corrected chi connectivity index (χ3v) is 3.50. The van der Waals surface area contributed by atoms with Crippen molar-refractivity contribution in [3.63, 3.8) is 0 Å². The molecule has 19 heavy (non-hydrogen) atoms. The van der Waals surface area contributed by atoms with Crippen LogP contribution in [0.5, 0.6) is 0 Å². The van der Waals surface area contributed by atoms with Crippen LogP contribution in [0.25, 0.3) is 0 Å². The molecule has 0 aliphatic carbocycles. The van der Waals surface area contributed by atoms with E-state index in [4.69, 9.17) is 5.73 Å². The van der Waals surface area contributed by atoms with Crippen LogP contribution in [0.4, 0.5) is 14.5 Å². The number of anilines is 1. The lowest BCUT2D eigenvalue weighted by atomic mass is 10.1. The highest BCUT2D eigenvalue weighted by Crippen LogP contribution is 2.26. The fourth-order valence-electron chi connectivity index (χ4n) is 1.41. The summed E-state index contributed by atoms with van der Waals surface area (Å²) in [5, 5.41) is 2.71. The summed E-state index contributed by atoms with van der Waals surface area (Å²) in [6, 6.07) is 2.09. The minimum Gasteiger partial charge on any atom is -0.399 e. The monoisotopic (exact) mass is 288 g/mol. The second kappa shape index (κ2) is 7.33. The van der Waals surface area contributed by atoms with Crippen molar-refractivity contribution in [1.82, 2.24) is 5.32 Å². The van der Waals surface area contributed by atoms with Gasteiger partial charge in [0.25, 0.3) is 0 Å². The number of nitrogens with one attached hydrogen (secondary N) is 1. The van der Waals surface area contributed by atoms with E-state index in [9.17, 15) is 13.6 Å². The third kappa shape index (κ3) is 5.46. The Morgan fingerprint density at radius 2 is 1.95 bits per heavy atom. The molecule has 1 amide bonds. The molecule has 0 spiro atoms. The lowest BCUT2D eigenvalue weighted by Crippen LogP contribution is -2.27. The highest BCUT2D eigenvalue weighted by Gasteiger charge is 2.12. The second-order valence-corrected chi connectivity index (χ2v) is 5.62. The molecule has 0 bridgehead atoms. The van der Waals surface area contributed by atoms with Gasteiger partial charge < -0.3 is 11.1 Å². The first-order chi connectivity index (χ1) is 8.90. The van der Waals surface area contributed by atoms with Crippen LogP contribution in [0.2, 0.25) is 0 Å². The first kappa shape index (κ1) is 15.8. The molecule has 1 rings (SSSR count). The van der Waals surface area contributed by atoms with E-state index in [0.29, 0.717) is 12.5 Å². The van der Waals surface area contributed by atoms with Crippen LogP contribution in [-0.4, -0.2) is 18.2 Å². The Morgan fingerprint density at radius 1 is 1.37 bits per heavy atom. The molecule has 0 fully saturated rings. The van der Waals surface area contributed by atoms with E-state index in [1.165, 1.54) is 0 Å². The smallest absolute Gasteiger partial charge is 0.230 e. The molecule has 3 N–H and O–H groups in total. The molecule has 1 aromatic carbocycles. The second-order valence-electron chi connectivity index (χ2n) is 4.63. The zero-order valence-corrected chi connectivity index (χ0v) is 11.8. The zero-order chi connectivity index (χ0) is 14.4. The van der Waals surface area contributed by atoms with Gasteiger partial charge in [-0.1, -0.05) is 13.8 Å². The Labute approximate surface area is 115 Å². The summed E-state index contributed by atoms with van der Waals surface area (Å²) in [6.45, 7) is 4.68. The summed E-state index contributed by atoms with van der Waals surface area (Å²) in [4.78, 5) is 11.3. The number of carbonyl (C=O) groups excluding carboxylic acids is 1. The van der Waals surface area contributed by atoms with Gasteiger partial charge in [-0.05, 0) is 24.5 Å². The Kier molecular flexibility index (Phi) is 6.08. The van der Waals surface area contributed by atoms with Crippen molar-refractivity contribution in [1.29, 1.82) is 0 Å². The lowest BCUT2D eigenvalue weighted by molar-refractivity contribution is -0.118. The molecule has 6 heteroatoms. The number of benzene rings is 1. The maximum atomic E-state index is 13.4. The highest BCUT2D eigenvalue weighted by atomic mass is 32.2. The number of nitrogen functional groups attached to an aromatic ring is 1. The predicted molar refractivity (Wildman–Crippen MR) is 74.0 cm³/mol. The molecule has 0 unspecified atom stereocenters. The fraction of sp³-hybridized carbons (Fsp3) is 0.462. The van der Waals surface area contributed by atoms with Gasteiger partial charge in [-0.25, -0.2) is 8.78 Å². The summed E-state index contributed by atoms with van der Waals surface area (Å²) < 4.78 is 26.9. The zero-order valence-electron chi connectivity index (χ0n) is 11.0. The number of thioether (sulfide) groups is 1. The van der Waals surface area contributed by atoms with Crippen molar-refractivity contribution in [3.05, 3.63) is 23.8 Å². The van der Waals surface area contributed by atoms with E-state index in [2.05, 4.69) is 19.2 Å².